The molecular formula is C20H14ClN5O5S. The van der Waals surface area contributed by atoms with E-state index in [-0.39, 0.29) is 11.4 Å². The van der Waals surface area contributed by atoms with Crippen LogP contribution < -0.4 is 21.3 Å². The number of amides is 2. The number of thioether (sulfide) groups is 1. The molecule has 10 nitrogen and oxygen atoms in total. The summed E-state index contributed by atoms with van der Waals surface area (Å²) in [6.07, 6.45) is 0.830. The number of benzene rings is 2. The van der Waals surface area contributed by atoms with Crippen molar-refractivity contribution in [2.75, 3.05) is 12.4 Å². The quantitative estimate of drug-likeness (QED) is 0.294. The minimum Gasteiger partial charge on any atom is -0.495 e. The van der Waals surface area contributed by atoms with E-state index in [9.17, 15) is 19.5 Å². The van der Waals surface area contributed by atoms with Gasteiger partial charge in [0.2, 0.25) is 5.88 Å². The number of hydrogen-bond donors (Lipinski definition) is 3. The average Bonchev–Trinajstić information content (AvgIpc) is 2.74. The number of rotatable bonds is 5. The molecule has 32 heavy (non-hydrogen) atoms. The highest BCUT2D eigenvalue weighted by Crippen LogP contribution is 2.30. The second kappa shape index (κ2) is 9.86. The lowest BCUT2D eigenvalue weighted by molar-refractivity contribution is 0.259. The van der Waals surface area contributed by atoms with Gasteiger partial charge in [-0.2, -0.15) is 5.26 Å². The molecule has 0 saturated heterocycles. The average molecular weight is 472 g/mol. The number of methoxy groups -OCH3 is 1. The number of H-pyrrole nitrogens is 1. The van der Waals surface area contributed by atoms with Crippen LogP contribution in [0, 0.1) is 10.7 Å². The zero-order valence-electron chi connectivity index (χ0n) is 16.3. The molecule has 162 valence electrons. The molecule has 1 aromatic heterocycles. The number of aromatic amines is 1. The number of carbonyl (C=O) groups is 1. The molecule has 1 heterocycles. The topological polar surface area (TPSA) is 150 Å². The predicted octanol–water partition coefficient (Wildman–Crippen LogP) is 3.12. The molecule has 3 N–H and O–H groups in total. The van der Waals surface area contributed by atoms with Gasteiger partial charge in [-0.05, 0) is 48.2 Å². The molecule has 0 unspecified atom stereocenters. The third-order valence-electron chi connectivity index (χ3n) is 4.08. The molecule has 0 radical (unpaired) electrons. The van der Waals surface area contributed by atoms with Crippen molar-refractivity contribution in [3.63, 3.8) is 0 Å². The molecule has 0 saturated carbocycles. The van der Waals surface area contributed by atoms with Crippen LogP contribution in [0.3, 0.4) is 0 Å². The number of nitriles is 1. The Labute approximate surface area is 189 Å². The Hall–Kier alpha value is -4.01. The SMILES string of the molecule is COc1cc(SC#N)ccc1NC(=O)N=Cc1c(O)n(-c2cccc(Cl)c2)c(=O)[nH]c1=O. The Bertz CT molecular complexity index is 1380. The number of carbonyl (C=O) groups excluding carboxylic acids is 1. The first-order chi connectivity index (χ1) is 15.3. The van der Waals surface area contributed by atoms with Crippen LogP contribution in [-0.4, -0.2) is 34.0 Å². The van der Waals surface area contributed by atoms with Gasteiger partial charge in [-0.15, -0.1) is 0 Å². The molecule has 3 aromatic rings. The van der Waals surface area contributed by atoms with Gasteiger partial charge in [0.15, 0.2) is 0 Å². The number of thiocyanates is 1. The second-order valence-electron chi connectivity index (χ2n) is 6.06. The monoisotopic (exact) mass is 471 g/mol. The molecule has 0 fully saturated rings. The Morgan fingerprint density at radius 2 is 2.12 bits per heavy atom. The number of nitrogens with one attached hydrogen (secondary N) is 2. The van der Waals surface area contributed by atoms with Crippen LogP contribution in [0.1, 0.15) is 5.56 Å². The highest BCUT2D eigenvalue weighted by atomic mass is 35.5. The zero-order valence-corrected chi connectivity index (χ0v) is 17.9. The highest BCUT2D eigenvalue weighted by molar-refractivity contribution is 8.03. The van der Waals surface area contributed by atoms with Crippen molar-refractivity contribution in [1.82, 2.24) is 9.55 Å². The maximum absolute atomic E-state index is 12.3. The molecule has 0 aliphatic rings. The van der Waals surface area contributed by atoms with Crippen molar-refractivity contribution in [2.45, 2.75) is 4.90 Å². The van der Waals surface area contributed by atoms with Crippen molar-refractivity contribution in [2.24, 2.45) is 4.99 Å². The highest BCUT2D eigenvalue weighted by Gasteiger charge is 2.15. The van der Waals surface area contributed by atoms with E-state index in [0.717, 1.165) is 22.5 Å². The summed E-state index contributed by atoms with van der Waals surface area (Å²) in [5.41, 5.74) is -1.75. The maximum Gasteiger partial charge on any atom is 0.345 e. The Balaban J connectivity index is 1.91. The van der Waals surface area contributed by atoms with E-state index in [0.29, 0.717) is 15.7 Å². The molecule has 2 aromatic carbocycles. The standard InChI is InChI=1S/C20H14ClN5O5S/c1-31-16-8-13(32-10-22)5-6-15(16)24-19(29)23-9-14-17(27)25-20(30)26(18(14)28)12-4-2-3-11(21)7-12/h2-9,28H,1H3,(H,24,29)(H,25,27,30). The smallest absolute Gasteiger partial charge is 0.345 e. The van der Waals surface area contributed by atoms with Crippen LogP contribution in [0.4, 0.5) is 10.5 Å². The summed E-state index contributed by atoms with van der Waals surface area (Å²) in [5.74, 6) is -0.419. The molecule has 0 aliphatic carbocycles. The fourth-order valence-corrected chi connectivity index (χ4v) is 3.26. The van der Waals surface area contributed by atoms with E-state index >= 15 is 0 Å². The third kappa shape index (κ3) is 5.00. The molecule has 3 rings (SSSR count). The van der Waals surface area contributed by atoms with Crippen molar-refractivity contribution in [3.8, 4) is 22.7 Å². The van der Waals surface area contributed by atoms with Crippen molar-refractivity contribution < 1.29 is 14.6 Å². The largest absolute Gasteiger partial charge is 0.495 e. The number of aromatic nitrogens is 2. The third-order valence-corrected chi connectivity index (χ3v) is 4.89. The number of halogens is 1. The summed E-state index contributed by atoms with van der Waals surface area (Å²) in [5, 5.41) is 23.9. The van der Waals surface area contributed by atoms with Gasteiger partial charge in [0.1, 0.15) is 16.7 Å². The minimum absolute atomic E-state index is 0.204. The van der Waals surface area contributed by atoms with Gasteiger partial charge in [0.05, 0.1) is 24.7 Å². The molecule has 0 atom stereocenters. The number of hydrogen-bond acceptors (Lipinski definition) is 7. The Morgan fingerprint density at radius 1 is 1.34 bits per heavy atom. The van der Waals surface area contributed by atoms with Gasteiger partial charge in [-0.1, -0.05) is 17.7 Å². The molecule has 2 amide bonds. The van der Waals surface area contributed by atoms with E-state index in [1.54, 1.807) is 24.3 Å². The number of anilines is 1. The van der Waals surface area contributed by atoms with Crippen LogP contribution in [0.15, 0.2) is 61.9 Å². The molecule has 0 spiro atoms. The summed E-state index contributed by atoms with van der Waals surface area (Å²) in [7, 11) is 1.39. The lowest BCUT2D eigenvalue weighted by atomic mass is 10.3. The van der Waals surface area contributed by atoms with E-state index in [4.69, 9.17) is 21.6 Å². The maximum atomic E-state index is 12.3. The number of aliphatic imine (C=N–C) groups is 1. The lowest BCUT2D eigenvalue weighted by Crippen LogP contribution is -2.31. The number of nitrogens with zero attached hydrogens (tertiary/aromatic N) is 3. The van der Waals surface area contributed by atoms with Crippen molar-refractivity contribution >= 4 is 41.3 Å². The predicted molar refractivity (Wildman–Crippen MR) is 120 cm³/mol. The van der Waals surface area contributed by atoms with Crippen molar-refractivity contribution in [3.05, 3.63) is 73.9 Å². The second-order valence-corrected chi connectivity index (χ2v) is 7.35. The van der Waals surface area contributed by atoms with Crippen LogP contribution in [-0.2, 0) is 0 Å². The minimum atomic E-state index is -0.933. The number of ether oxygens (including phenoxy) is 1. The first-order valence-electron chi connectivity index (χ1n) is 8.77. The summed E-state index contributed by atoms with van der Waals surface area (Å²) in [4.78, 5) is 42.9. The van der Waals surface area contributed by atoms with Gasteiger partial charge < -0.3 is 15.2 Å². The number of urea groups is 1. The van der Waals surface area contributed by atoms with E-state index in [2.05, 4.69) is 15.3 Å². The van der Waals surface area contributed by atoms with Crippen molar-refractivity contribution in [1.29, 1.82) is 5.26 Å². The number of aromatic hydroxyl groups is 1. The van der Waals surface area contributed by atoms with Gasteiger partial charge in [0, 0.05) is 9.92 Å². The first kappa shape index (κ1) is 22.7. The van der Waals surface area contributed by atoms with Gasteiger partial charge in [-0.3, -0.25) is 9.78 Å². The molecule has 12 heteroatoms. The van der Waals surface area contributed by atoms with Crippen LogP contribution in [0.2, 0.25) is 5.02 Å². The van der Waals surface area contributed by atoms with E-state index in [1.165, 1.54) is 25.3 Å². The normalized spacial score (nSPS) is 10.7. The van der Waals surface area contributed by atoms with Crippen LogP contribution in [0.25, 0.3) is 5.69 Å². The van der Waals surface area contributed by atoms with Gasteiger partial charge in [-0.25, -0.2) is 19.1 Å². The molecular weight excluding hydrogens is 458 g/mol. The Morgan fingerprint density at radius 3 is 2.81 bits per heavy atom. The molecule has 0 bridgehead atoms. The van der Waals surface area contributed by atoms with Gasteiger partial charge >= 0.3 is 11.7 Å². The summed E-state index contributed by atoms with van der Waals surface area (Å²) < 4.78 is 6.01. The summed E-state index contributed by atoms with van der Waals surface area (Å²) >= 11 is 6.85. The summed E-state index contributed by atoms with van der Waals surface area (Å²) in [6, 6.07) is 9.86. The fourth-order valence-electron chi connectivity index (χ4n) is 2.67. The van der Waals surface area contributed by atoms with Crippen LogP contribution in [0.5, 0.6) is 11.6 Å². The van der Waals surface area contributed by atoms with E-state index in [1.807, 2.05) is 5.40 Å². The van der Waals surface area contributed by atoms with E-state index < -0.39 is 28.7 Å². The fraction of sp³-hybridized carbons (Fsp3) is 0.0500. The van der Waals surface area contributed by atoms with Gasteiger partial charge in [0.25, 0.3) is 5.56 Å². The van der Waals surface area contributed by atoms with Crippen LogP contribution >= 0.6 is 23.4 Å². The Kier molecular flexibility index (Phi) is 6.99. The zero-order chi connectivity index (χ0) is 23.3. The first-order valence-corrected chi connectivity index (χ1v) is 9.96. The molecule has 0 aliphatic heterocycles. The summed E-state index contributed by atoms with van der Waals surface area (Å²) in [6.45, 7) is 0. The lowest BCUT2D eigenvalue weighted by Gasteiger charge is -2.10.